The van der Waals surface area contributed by atoms with Crippen LogP contribution < -0.4 is 0 Å². The van der Waals surface area contributed by atoms with E-state index < -0.39 is 0 Å². The Morgan fingerprint density at radius 2 is 1.94 bits per heavy atom. The van der Waals surface area contributed by atoms with Crippen molar-refractivity contribution >= 4 is 5.78 Å². The summed E-state index contributed by atoms with van der Waals surface area (Å²) in [5.41, 5.74) is 3.56. The third-order valence-corrected chi connectivity index (χ3v) is 2.92. The Bertz CT molecular complexity index is 510. The predicted molar refractivity (Wildman–Crippen MR) is 67.0 cm³/mol. The molecule has 0 fully saturated rings. The lowest BCUT2D eigenvalue weighted by Crippen LogP contribution is -2.06. The molecule has 17 heavy (non-hydrogen) atoms. The molecule has 1 aromatic carbocycles. The van der Waals surface area contributed by atoms with Crippen LogP contribution in [0, 0.1) is 13.8 Å². The number of rotatable bonds is 4. The quantitative estimate of drug-likeness (QED) is 0.804. The standard InChI is InChI=1S/C15H16O2/c1-11-5-6-13(8-12(11)2)9-14(16)10-15-4-3-7-17-15/h3-8H,9-10H2,1-2H3. The van der Waals surface area contributed by atoms with Gasteiger partial charge in [0.25, 0.3) is 0 Å². The second-order valence-corrected chi connectivity index (χ2v) is 4.39. The number of ketones is 1. The van der Waals surface area contributed by atoms with Crippen LogP contribution in [-0.4, -0.2) is 5.78 Å². The molecule has 0 aliphatic heterocycles. The summed E-state index contributed by atoms with van der Waals surface area (Å²) in [7, 11) is 0. The van der Waals surface area contributed by atoms with E-state index in [4.69, 9.17) is 4.42 Å². The summed E-state index contributed by atoms with van der Waals surface area (Å²) in [6.45, 7) is 4.14. The molecule has 88 valence electrons. The topological polar surface area (TPSA) is 30.2 Å². The number of furan rings is 1. The van der Waals surface area contributed by atoms with Crippen molar-refractivity contribution in [1.82, 2.24) is 0 Å². The lowest BCUT2D eigenvalue weighted by Gasteiger charge is -2.04. The zero-order chi connectivity index (χ0) is 12.3. The van der Waals surface area contributed by atoms with E-state index in [1.54, 1.807) is 12.3 Å². The molecule has 0 radical (unpaired) electrons. The molecule has 0 saturated heterocycles. The van der Waals surface area contributed by atoms with Crippen molar-refractivity contribution < 1.29 is 9.21 Å². The minimum Gasteiger partial charge on any atom is -0.469 e. The summed E-state index contributed by atoms with van der Waals surface area (Å²) in [5.74, 6) is 0.919. The Labute approximate surface area is 101 Å². The molecule has 1 aromatic heterocycles. The summed E-state index contributed by atoms with van der Waals surface area (Å²) in [6.07, 6.45) is 2.44. The van der Waals surface area contributed by atoms with Gasteiger partial charge in [0.1, 0.15) is 11.5 Å². The summed E-state index contributed by atoms with van der Waals surface area (Å²) in [4.78, 5) is 11.8. The van der Waals surface area contributed by atoms with Crippen LogP contribution in [-0.2, 0) is 17.6 Å². The number of carbonyl (C=O) groups is 1. The molecule has 2 heteroatoms. The van der Waals surface area contributed by atoms with Crippen molar-refractivity contribution in [3.05, 3.63) is 59.0 Å². The second kappa shape index (κ2) is 5.00. The maximum Gasteiger partial charge on any atom is 0.144 e. The third-order valence-electron chi connectivity index (χ3n) is 2.92. The fourth-order valence-corrected chi connectivity index (χ4v) is 1.81. The fraction of sp³-hybridized carbons (Fsp3) is 0.267. The van der Waals surface area contributed by atoms with Gasteiger partial charge in [0.2, 0.25) is 0 Å². The van der Waals surface area contributed by atoms with Gasteiger partial charge in [0.15, 0.2) is 0 Å². The fourth-order valence-electron chi connectivity index (χ4n) is 1.81. The Morgan fingerprint density at radius 1 is 1.12 bits per heavy atom. The zero-order valence-electron chi connectivity index (χ0n) is 10.2. The average Bonchev–Trinajstić information content (AvgIpc) is 2.76. The van der Waals surface area contributed by atoms with E-state index in [1.165, 1.54) is 11.1 Å². The lowest BCUT2D eigenvalue weighted by molar-refractivity contribution is -0.118. The molecular weight excluding hydrogens is 212 g/mol. The van der Waals surface area contributed by atoms with Gasteiger partial charge in [-0.2, -0.15) is 0 Å². The van der Waals surface area contributed by atoms with E-state index in [2.05, 4.69) is 26.0 Å². The third kappa shape index (κ3) is 3.06. The highest BCUT2D eigenvalue weighted by Crippen LogP contribution is 2.12. The van der Waals surface area contributed by atoms with Crippen molar-refractivity contribution in [1.29, 1.82) is 0 Å². The Balaban J connectivity index is 2.00. The van der Waals surface area contributed by atoms with E-state index in [1.807, 2.05) is 12.1 Å². The first-order valence-electron chi connectivity index (χ1n) is 5.75. The molecule has 0 unspecified atom stereocenters. The molecule has 2 aromatic rings. The van der Waals surface area contributed by atoms with Gasteiger partial charge >= 0.3 is 0 Å². The van der Waals surface area contributed by atoms with Crippen molar-refractivity contribution in [3.8, 4) is 0 Å². The average molecular weight is 228 g/mol. The van der Waals surface area contributed by atoms with Crippen molar-refractivity contribution in [2.24, 2.45) is 0 Å². The Hall–Kier alpha value is -1.83. The van der Waals surface area contributed by atoms with E-state index in [0.717, 1.165) is 11.3 Å². The van der Waals surface area contributed by atoms with Gasteiger partial charge in [0, 0.05) is 6.42 Å². The summed E-state index contributed by atoms with van der Waals surface area (Å²) < 4.78 is 5.16. The van der Waals surface area contributed by atoms with Crippen LogP contribution in [0.15, 0.2) is 41.0 Å². The van der Waals surface area contributed by atoms with Gasteiger partial charge in [-0.05, 0) is 42.7 Å². The van der Waals surface area contributed by atoms with E-state index >= 15 is 0 Å². The Morgan fingerprint density at radius 3 is 2.59 bits per heavy atom. The van der Waals surface area contributed by atoms with Crippen molar-refractivity contribution in [3.63, 3.8) is 0 Å². The Kier molecular flexibility index (Phi) is 3.43. The molecule has 2 nitrogen and oxygen atoms in total. The molecule has 2 rings (SSSR count). The molecule has 0 saturated carbocycles. The highest BCUT2D eigenvalue weighted by atomic mass is 16.3. The second-order valence-electron chi connectivity index (χ2n) is 4.39. The monoisotopic (exact) mass is 228 g/mol. The van der Waals surface area contributed by atoms with Crippen LogP contribution in [0.25, 0.3) is 0 Å². The number of benzene rings is 1. The summed E-state index contributed by atoms with van der Waals surface area (Å²) >= 11 is 0. The van der Waals surface area contributed by atoms with E-state index in [9.17, 15) is 4.79 Å². The molecule has 0 bridgehead atoms. The smallest absolute Gasteiger partial charge is 0.144 e. The van der Waals surface area contributed by atoms with E-state index in [-0.39, 0.29) is 5.78 Å². The minimum atomic E-state index is 0.184. The largest absolute Gasteiger partial charge is 0.469 e. The van der Waals surface area contributed by atoms with Gasteiger partial charge in [-0.15, -0.1) is 0 Å². The van der Waals surface area contributed by atoms with Gasteiger partial charge in [0.05, 0.1) is 12.7 Å². The van der Waals surface area contributed by atoms with Crippen LogP contribution in [0.3, 0.4) is 0 Å². The van der Waals surface area contributed by atoms with Crippen LogP contribution in [0.5, 0.6) is 0 Å². The SMILES string of the molecule is Cc1ccc(CC(=O)Cc2ccco2)cc1C. The summed E-state index contributed by atoms with van der Waals surface area (Å²) in [6, 6.07) is 9.79. The first kappa shape index (κ1) is 11.6. The summed E-state index contributed by atoms with van der Waals surface area (Å²) in [5, 5.41) is 0. The van der Waals surface area contributed by atoms with Crippen LogP contribution in [0.4, 0.5) is 0 Å². The zero-order valence-corrected chi connectivity index (χ0v) is 10.2. The molecule has 0 aliphatic carbocycles. The van der Waals surface area contributed by atoms with Crippen molar-refractivity contribution in [2.75, 3.05) is 0 Å². The molecule has 0 spiro atoms. The van der Waals surface area contributed by atoms with Crippen LogP contribution in [0.1, 0.15) is 22.5 Å². The minimum absolute atomic E-state index is 0.184. The van der Waals surface area contributed by atoms with Gasteiger partial charge in [-0.3, -0.25) is 4.79 Å². The molecular formula is C15H16O2. The molecule has 1 heterocycles. The molecule has 0 aliphatic rings. The number of carbonyl (C=O) groups excluding carboxylic acids is 1. The first-order chi connectivity index (χ1) is 8.15. The lowest BCUT2D eigenvalue weighted by atomic mass is 10.0. The van der Waals surface area contributed by atoms with Gasteiger partial charge < -0.3 is 4.42 Å². The van der Waals surface area contributed by atoms with Crippen molar-refractivity contribution in [2.45, 2.75) is 26.7 Å². The normalized spacial score (nSPS) is 10.5. The number of hydrogen-bond donors (Lipinski definition) is 0. The first-order valence-corrected chi connectivity index (χ1v) is 5.75. The maximum atomic E-state index is 11.8. The van der Waals surface area contributed by atoms with Crippen LogP contribution in [0.2, 0.25) is 0 Å². The highest BCUT2D eigenvalue weighted by molar-refractivity contribution is 5.82. The molecule has 0 N–H and O–H groups in total. The predicted octanol–water partition coefficient (Wildman–Crippen LogP) is 3.25. The number of Topliss-reactive ketones (excluding diaryl/α,β-unsaturated/α-hetero) is 1. The number of aryl methyl sites for hydroxylation is 2. The maximum absolute atomic E-state index is 11.8. The van der Waals surface area contributed by atoms with Gasteiger partial charge in [-0.25, -0.2) is 0 Å². The number of hydrogen-bond acceptors (Lipinski definition) is 2. The van der Waals surface area contributed by atoms with Crippen LogP contribution >= 0.6 is 0 Å². The van der Waals surface area contributed by atoms with E-state index in [0.29, 0.717) is 12.8 Å². The van der Waals surface area contributed by atoms with Gasteiger partial charge in [-0.1, -0.05) is 18.2 Å². The molecule has 0 atom stereocenters. The highest BCUT2D eigenvalue weighted by Gasteiger charge is 2.07. The molecule has 0 amide bonds.